The van der Waals surface area contributed by atoms with E-state index in [-0.39, 0.29) is 6.10 Å². The molecule has 0 unspecified atom stereocenters. The fourth-order valence-electron chi connectivity index (χ4n) is 1.37. The van der Waals surface area contributed by atoms with Crippen molar-refractivity contribution in [2.24, 2.45) is 11.8 Å². The van der Waals surface area contributed by atoms with E-state index < -0.39 is 0 Å². The Morgan fingerprint density at radius 3 is 1.67 bits per heavy atom. The van der Waals surface area contributed by atoms with Gasteiger partial charge in [-0.25, -0.2) is 0 Å². The normalized spacial score (nSPS) is 18.0. The van der Waals surface area contributed by atoms with Crippen molar-refractivity contribution in [3.05, 3.63) is 0 Å². The molecule has 1 nitrogen and oxygen atoms in total. The Kier molecular flexibility index (Phi) is 3.87. The molecule has 0 fully saturated rings. The second-order valence-electron chi connectivity index (χ2n) is 3.06. The average molecular weight is 130 g/mol. The molecule has 0 radical (unpaired) electrons. The lowest BCUT2D eigenvalue weighted by molar-refractivity contribution is 0.0952. The highest BCUT2D eigenvalue weighted by molar-refractivity contribution is 4.65. The van der Waals surface area contributed by atoms with E-state index in [2.05, 4.69) is 20.8 Å². The maximum Gasteiger partial charge on any atom is 0.0542 e. The highest BCUT2D eigenvalue weighted by Gasteiger charge is 2.15. The molecule has 0 aliphatic rings. The predicted molar refractivity (Wildman–Crippen MR) is 40.3 cm³/mol. The summed E-state index contributed by atoms with van der Waals surface area (Å²) in [7, 11) is 0. The summed E-state index contributed by atoms with van der Waals surface area (Å²) in [5.74, 6) is 1.08. The van der Waals surface area contributed by atoms with Crippen molar-refractivity contribution in [1.29, 1.82) is 0 Å². The molecule has 0 saturated carbocycles. The van der Waals surface area contributed by atoms with Gasteiger partial charge in [-0.1, -0.05) is 27.2 Å². The lowest BCUT2D eigenvalue weighted by Gasteiger charge is -2.21. The van der Waals surface area contributed by atoms with Gasteiger partial charge < -0.3 is 5.11 Å². The predicted octanol–water partition coefficient (Wildman–Crippen LogP) is 2.05. The van der Waals surface area contributed by atoms with Crippen molar-refractivity contribution < 1.29 is 5.11 Å². The van der Waals surface area contributed by atoms with E-state index in [4.69, 9.17) is 0 Å². The standard InChI is InChI=1S/C8H18O/c1-5-8(6(2)3)7(4)9/h6-9H,5H2,1-4H3/t7-,8-/m0/s1. The number of aliphatic hydroxyl groups is 1. The molecule has 1 heteroatoms. The zero-order valence-electron chi connectivity index (χ0n) is 6.89. The molecule has 9 heavy (non-hydrogen) atoms. The molecule has 0 aromatic rings. The highest BCUT2D eigenvalue weighted by Crippen LogP contribution is 2.18. The van der Waals surface area contributed by atoms with Crippen molar-refractivity contribution in [2.75, 3.05) is 0 Å². The zero-order valence-corrected chi connectivity index (χ0v) is 6.89. The van der Waals surface area contributed by atoms with E-state index in [1.807, 2.05) is 6.92 Å². The van der Waals surface area contributed by atoms with Gasteiger partial charge in [0.1, 0.15) is 0 Å². The molecule has 2 atom stereocenters. The van der Waals surface area contributed by atoms with Crippen molar-refractivity contribution in [3.8, 4) is 0 Å². The van der Waals surface area contributed by atoms with Gasteiger partial charge >= 0.3 is 0 Å². The minimum Gasteiger partial charge on any atom is -0.393 e. The lowest BCUT2D eigenvalue weighted by Crippen LogP contribution is -2.20. The van der Waals surface area contributed by atoms with Crippen LogP contribution in [-0.4, -0.2) is 11.2 Å². The van der Waals surface area contributed by atoms with Gasteiger partial charge in [-0.15, -0.1) is 0 Å². The Bertz CT molecular complexity index is 59.0. The number of aliphatic hydroxyl groups excluding tert-OH is 1. The summed E-state index contributed by atoms with van der Waals surface area (Å²) < 4.78 is 0. The summed E-state index contributed by atoms with van der Waals surface area (Å²) in [5.41, 5.74) is 0. The SMILES string of the molecule is CC[C@@H](C(C)C)[C@H](C)O. The first-order valence-electron chi connectivity index (χ1n) is 3.77. The van der Waals surface area contributed by atoms with E-state index in [0.717, 1.165) is 6.42 Å². The van der Waals surface area contributed by atoms with E-state index in [1.54, 1.807) is 0 Å². The molecule has 0 aliphatic heterocycles. The molecule has 0 heterocycles. The molecule has 0 amide bonds. The van der Waals surface area contributed by atoms with Crippen LogP contribution < -0.4 is 0 Å². The Labute approximate surface area is 58.1 Å². The van der Waals surface area contributed by atoms with Crippen LogP contribution >= 0.6 is 0 Å². The van der Waals surface area contributed by atoms with Crippen LogP contribution in [0.25, 0.3) is 0 Å². The largest absolute Gasteiger partial charge is 0.393 e. The average Bonchev–Trinajstić information content (AvgIpc) is 1.64. The third-order valence-corrected chi connectivity index (χ3v) is 1.95. The van der Waals surface area contributed by atoms with Crippen LogP contribution in [0.3, 0.4) is 0 Å². The maximum atomic E-state index is 9.18. The van der Waals surface area contributed by atoms with Crippen LogP contribution in [0.1, 0.15) is 34.1 Å². The molecule has 56 valence electrons. The third-order valence-electron chi connectivity index (χ3n) is 1.95. The van der Waals surface area contributed by atoms with Gasteiger partial charge in [-0.3, -0.25) is 0 Å². The third kappa shape index (κ3) is 2.85. The molecular formula is C8H18O. The van der Waals surface area contributed by atoms with E-state index in [1.165, 1.54) is 0 Å². The first-order chi connectivity index (χ1) is 4.09. The quantitative estimate of drug-likeness (QED) is 0.620. The molecule has 0 spiro atoms. The van der Waals surface area contributed by atoms with Crippen LogP contribution in [0, 0.1) is 11.8 Å². The summed E-state index contributed by atoms with van der Waals surface area (Å²) in [6, 6.07) is 0. The summed E-state index contributed by atoms with van der Waals surface area (Å²) >= 11 is 0. The molecule has 0 aliphatic carbocycles. The first-order valence-corrected chi connectivity index (χ1v) is 3.77. The monoisotopic (exact) mass is 130 g/mol. The second kappa shape index (κ2) is 3.89. The van der Waals surface area contributed by atoms with Gasteiger partial charge in [0, 0.05) is 0 Å². The number of rotatable bonds is 3. The van der Waals surface area contributed by atoms with Crippen LogP contribution in [0.4, 0.5) is 0 Å². The molecule has 1 N–H and O–H groups in total. The van der Waals surface area contributed by atoms with Gasteiger partial charge in [0.05, 0.1) is 6.10 Å². The van der Waals surface area contributed by atoms with Crippen molar-refractivity contribution >= 4 is 0 Å². The van der Waals surface area contributed by atoms with Gasteiger partial charge in [0.15, 0.2) is 0 Å². The first kappa shape index (κ1) is 8.96. The lowest BCUT2D eigenvalue weighted by atomic mass is 9.89. The molecule has 0 rings (SSSR count). The molecular weight excluding hydrogens is 112 g/mol. The van der Waals surface area contributed by atoms with E-state index >= 15 is 0 Å². The molecule has 0 aromatic carbocycles. The van der Waals surface area contributed by atoms with Gasteiger partial charge in [-0.2, -0.15) is 0 Å². The summed E-state index contributed by atoms with van der Waals surface area (Å²) in [6.45, 7) is 8.30. The molecule has 0 bridgehead atoms. The smallest absolute Gasteiger partial charge is 0.0542 e. The zero-order chi connectivity index (χ0) is 7.44. The topological polar surface area (TPSA) is 20.2 Å². The second-order valence-corrected chi connectivity index (χ2v) is 3.06. The van der Waals surface area contributed by atoms with Gasteiger partial charge in [-0.05, 0) is 18.8 Å². The molecule has 0 aromatic heterocycles. The Hall–Kier alpha value is -0.0400. The summed E-state index contributed by atoms with van der Waals surface area (Å²) in [5, 5.41) is 9.18. The summed E-state index contributed by atoms with van der Waals surface area (Å²) in [6.07, 6.45) is 0.935. The fraction of sp³-hybridized carbons (Fsp3) is 1.00. The van der Waals surface area contributed by atoms with E-state index in [0.29, 0.717) is 11.8 Å². The van der Waals surface area contributed by atoms with Crippen LogP contribution in [-0.2, 0) is 0 Å². The minimum absolute atomic E-state index is 0.144. The number of hydrogen-bond acceptors (Lipinski definition) is 1. The summed E-state index contributed by atoms with van der Waals surface area (Å²) in [4.78, 5) is 0. The fourth-order valence-corrected chi connectivity index (χ4v) is 1.37. The van der Waals surface area contributed by atoms with Crippen LogP contribution in [0.5, 0.6) is 0 Å². The van der Waals surface area contributed by atoms with Crippen molar-refractivity contribution in [3.63, 3.8) is 0 Å². The highest BCUT2D eigenvalue weighted by atomic mass is 16.3. The van der Waals surface area contributed by atoms with Crippen molar-refractivity contribution in [1.82, 2.24) is 0 Å². The molecule has 0 saturated heterocycles. The number of hydrogen-bond donors (Lipinski definition) is 1. The Morgan fingerprint density at radius 1 is 1.22 bits per heavy atom. The van der Waals surface area contributed by atoms with Gasteiger partial charge in [0.2, 0.25) is 0 Å². The Balaban J connectivity index is 3.68. The Morgan fingerprint density at radius 2 is 1.67 bits per heavy atom. The van der Waals surface area contributed by atoms with Crippen molar-refractivity contribution in [2.45, 2.75) is 40.2 Å². The maximum absolute atomic E-state index is 9.18. The van der Waals surface area contributed by atoms with Crippen LogP contribution in [0.15, 0.2) is 0 Å². The van der Waals surface area contributed by atoms with E-state index in [9.17, 15) is 5.11 Å². The van der Waals surface area contributed by atoms with Crippen LogP contribution in [0.2, 0.25) is 0 Å². The minimum atomic E-state index is -0.144. The van der Waals surface area contributed by atoms with Gasteiger partial charge in [0.25, 0.3) is 0 Å².